The van der Waals surface area contributed by atoms with Gasteiger partial charge in [-0.25, -0.2) is 0 Å². The molecule has 2 heterocycles. The van der Waals surface area contributed by atoms with Gasteiger partial charge in [-0.3, -0.25) is 9.88 Å². The molecule has 0 aliphatic carbocycles. The fourth-order valence-corrected chi connectivity index (χ4v) is 2.57. The average molecular weight is 289 g/mol. The zero-order valence-electron chi connectivity index (χ0n) is 11.2. The number of halogens is 1. The molecule has 1 fully saturated rings. The second-order valence-electron chi connectivity index (χ2n) is 4.97. The molecular weight excluding hydrogens is 272 g/mol. The predicted molar refractivity (Wildman–Crippen MR) is 79.7 cm³/mol. The van der Waals surface area contributed by atoms with Gasteiger partial charge in [0.05, 0.1) is 18.4 Å². The van der Waals surface area contributed by atoms with Crippen LogP contribution in [-0.4, -0.2) is 29.6 Å². The van der Waals surface area contributed by atoms with Crippen LogP contribution in [0.15, 0.2) is 48.7 Å². The average Bonchev–Trinajstić information content (AvgIpc) is 2.49. The number of benzene rings is 1. The zero-order chi connectivity index (χ0) is 13.8. The Morgan fingerprint density at radius 3 is 2.80 bits per heavy atom. The van der Waals surface area contributed by atoms with Crippen molar-refractivity contribution in [2.75, 3.05) is 19.7 Å². The molecule has 0 unspecified atom stereocenters. The van der Waals surface area contributed by atoms with Crippen LogP contribution in [0.1, 0.15) is 17.4 Å². The molecule has 0 N–H and O–H groups in total. The number of nitrogens with zero attached hydrogens (tertiary/aromatic N) is 2. The van der Waals surface area contributed by atoms with Crippen LogP contribution in [0.4, 0.5) is 0 Å². The predicted octanol–water partition coefficient (Wildman–Crippen LogP) is 3.31. The largest absolute Gasteiger partial charge is 0.371 e. The lowest BCUT2D eigenvalue weighted by atomic mass is 10.1. The van der Waals surface area contributed by atoms with E-state index in [1.165, 1.54) is 5.56 Å². The van der Waals surface area contributed by atoms with Gasteiger partial charge in [-0.1, -0.05) is 29.8 Å². The molecule has 104 valence electrons. The first-order valence-corrected chi connectivity index (χ1v) is 7.18. The van der Waals surface area contributed by atoms with E-state index in [-0.39, 0.29) is 6.10 Å². The molecule has 3 rings (SSSR count). The van der Waals surface area contributed by atoms with Crippen molar-refractivity contribution in [3.05, 3.63) is 64.9 Å². The van der Waals surface area contributed by atoms with Crippen LogP contribution in [-0.2, 0) is 11.3 Å². The lowest BCUT2D eigenvalue weighted by Crippen LogP contribution is -2.37. The summed E-state index contributed by atoms with van der Waals surface area (Å²) in [6, 6.07) is 13.9. The molecule has 0 amide bonds. The van der Waals surface area contributed by atoms with E-state index in [0.717, 1.165) is 37.0 Å². The first-order chi connectivity index (χ1) is 9.81. The van der Waals surface area contributed by atoms with E-state index < -0.39 is 0 Å². The van der Waals surface area contributed by atoms with Crippen LogP contribution in [0.2, 0.25) is 5.02 Å². The molecule has 0 spiro atoms. The molecule has 20 heavy (non-hydrogen) atoms. The van der Waals surface area contributed by atoms with E-state index in [1.807, 2.05) is 42.6 Å². The maximum Gasteiger partial charge on any atom is 0.0952 e. The van der Waals surface area contributed by atoms with Crippen LogP contribution in [0.25, 0.3) is 0 Å². The van der Waals surface area contributed by atoms with Gasteiger partial charge in [0, 0.05) is 30.9 Å². The van der Waals surface area contributed by atoms with Gasteiger partial charge in [-0.15, -0.1) is 0 Å². The van der Waals surface area contributed by atoms with Crippen molar-refractivity contribution < 1.29 is 4.74 Å². The Kier molecular flexibility index (Phi) is 4.31. The van der Waals surface area contributed by atoms with E-state index in [1.54, 1.807) is 0 Å². The van der Waals surface area contributed by atoms with Gasteiger partial charge in [0.25, 0.3) is 0 Å². The van der Waals surface area contributed by atoms with Crippen LogP contribution >= 0.6 is 11.6 Å². The highest BCUT2D eigenvalue weighted by molar-refractivity contribution is 6.30. The summed E-state index contributed by atoms with van der Waals surface area (Å²) in [4.78, 5) is 6.76. The number of aromatic nitrogens is 1. The third-order valence-electron chi connectivity index (χ3n) is 3.50. The van der Waals surface area contributed by atoms with Crippen molar-refractivity contribution in [1.82, 2.24) is 9.88 Å². The summed E-state index contributed by atoms with van der Waals surface area (Å²) in [5.74, 6) is 0. The van der Waals surface area contributed by atoms with Gasteiger partial charge in [-0.05, 0) is 29.8 Å². The molecule has 1 aliphatic rings. The fraction of sp³-hybridized carbons (Fsp3) is 0.312. The van der Waals surface area contributed by atoms with Crippen LogP contribution < -0.4 is 0 Å². The van der Waals surface area contributed by atoms with Crippen molar-refractivity contribution in [2.24, 2.45) is 0 Å². The highest BCUT2D eigenvalue weighted by atomic mass is 35.5. The molecule has 3 nitrogen and oxygen atoms in total. The molecule has 0 saturated carbocycles. The Labute approximate surface area is 124 Å². The Balaban J connectivity index is 1.66. The summed E-state index contributed by atoms with van der Waals surface area (Å²) in [7, 11) is 0. The van der Waals surface area contributed by atoms with Gasteiger partial charge in [0.1, 0.15) is 0 Å². The quantitative estimate of drug-likeness (QED) is 0.866. The second kappa shape index (κ2) is 6.35. The normalized spacial score (nSPS) is 19.9. The molecule has 4 heteroatoms. The first kappa shape index (κ1) is 13.6. The third kappa shape index (κ3) is 3.37. The molecule has 1 atom stereocenters. The fourth-order valence-electron chi connectivity index (χ4n) is 2.45. The zero-order valence-corrected chi connectivity index (χ0v) is 12.0. The van der Waals surface area contributed by atoms with Crippen molar-refractivity contribution in [3.63, 3.8) is 0 Å². The van der Waals surface area contributed by atoms with E-state index in [2.05, 4.69) is 16.0 Å². The summed E-state index contributed by atoms with van der Waals surface area (Å²) < 4.78 is 5.87. The van der Waals surface area contributed by atoms with Crippen molar-refractivity contribution in [3.8, 4) is 0 Å². The summed E-state index contributed by atoms with van der Waals surface area (Å²) in [6.45, 7) is 3.45. The molecule has 1 saturated heterocycles. The number of hydrogen-bond acceptors (Lipinski definition) is 3. The van der Waals surface area contributed by atoms with E-state index in [9.17, 15) is 0 Å². The molecule has 2 aromatic rings. The monoisotopic (exact) mass is 288 g/mol. The lowest BCUT2D eigenvalue weighted by molar-refractivity contribution is -0.0332. The molecule has 1 aromatic heterocycles. The minimum Gasteiger partial charge on any atom is -0.371 e. The van der Waals surface area contributed by atoms with Crippen LogP contribution in [0.5, 0.6) is 0 Å². The van der Waals surface area contributed by atoms with Gasteiger partial charge in [0.15, 0.2) is 0 Å². The maximum absolute atomic E-state index is 5.93. The number of ether oxygens (including phenoxy) is 1. The number of morpholine rings is 1. The highest BCUT2D eigenvalue weighted by Gasteiger charge is 2.22. The summed E-state index contributed by atoms with van der Waals surface area (Å²) in [5.41, 5.74) is 2.28. The Hall–Kier alpha value is -1.42. The van der Waals surface area contributed by atoms with E-state index >= 15 is 0 Å². The Bertz CT molecular complexity index is 544. The topological polar surface area (TPSA) is 25.4 Å². The van der Waals surface area contributed by atoms with E-state index in [0.29, 0.717) is 0 Å². The summed E-state index contributed by atoms with van der Waals surface area (Å²) in [6.07, 6.45) is 1.96. The molecular formula is C16H17ClN2O. The minimum absolute atomic E-state index is 0.115. The standard InChI is InChI=1S/C16H17ClN2O/c17-14-6-4-13(5-7-14)16-12-19(9-10-20-16)11-15-3-1-2-8-18-15/h1-8,16H,9-12H2/t16-/m1/s1. The summed E-state index contributed by atoms with van der Waals surface area (Å²) in [5, 5.41) is 0.759. The number of hydrogen-bond donors (Lipinski definition) is 0. The third-order valence-corrected chi connectivity index (χ3v) is 3.76. The van der Waals surface area contributed by atoms with E-state index in [4.69, 9.17) is 16.3 Å². The maximum atomic E-state index is 5.93. The molecule has 1 aromatic carbocycles. The van der Waals surface area contributed by atoms with Gasteiger partial charge in [-0.2, -0.15) is 0 Å². The minimum atomic E-state index is 0.115. The number of pyridine rings is 1. The lowest BCUT2D eigenvalue weighted by Gasteiger charge is -2.33. The molecule has 0 bridgehead atoms. The Morgan fingerprint density at radius 2 is 2.05 bits per heavy atom. The highest BCUT2D eigenvalue weighted by Crippen LogP contribution is 2.24. The summed E-state index contributed by atoms with van der Waals surface area (Å²) >= 11 is 5.93. The van der Waals surface area contributed by atoms with Gasteiger partial charge < -0.3 is 4.74 Å². The number of rotatable bonds is 3. The van der Waals surface area contributed by atoms with Crippen molar-refractivity contribution >= 4 is 11.6 Å². The SMILES string of the molecule is Clc1ccc([C@H]2CN(Cc3ccccn3)CCO2)cc1. The van der Waals surface area contributed by atoms with Crippen LogP contribution in [0.3, 0.4) is 0 Å². The van der Waals surface area contributed by atoms with Crippen LogP contribution in [0, 0.1) is 0 Å². The molecule has 0 radical (unpaired) electrons. The second-order valence-corrected chi connectivity index (χ2v) is 5.40. The smallest absolute Gasteiger partial charge is 0.0952 e. The van der Waals surface area contributed by atoms with Gasteiger partial charge >= 0.3 is 0 Å². The Morgan fingerprint density at radius 1 is 1.20 bits per heavy atom. The van der Waals surface area contributed by atoms with Crippen molar-refractivity contribution in [2.45, 2.75) is 12.6 Å². The van der Waals surface area contributed by atoms with Crippen molar-refractivity contribution in [1.29, 1.82) is 0 Å². The van der Waals surface area contributed by atoms with Gasteiger partial charge in [0.2, 0.25) is 0 Å². The first-order valence-electron chi connectivity index (χ1n) is 6.80. The molecule has 1 aliphatic heterocycles.